The number of benzene rings is 1. The summed E-state index contributed by atoms with van der Waals surface area (Å²) >= 11 is 0. The Labute approximate surface area is 85.9 Å². The van der Waals surface area contributed by atoms with Crippen molar-refractivity contribution in [3.8, 4) is 0 Å². The van der Waals surface area contributed by atoms with Crippen molar-refractivity contribution in [3.05, 3.63) is 39.4 Å². The highest BCUT2D eigenvalue weighted by molar-refractivity contribution is 5.83. The molecule has 0 bridgehead atoms. The second-order valence-electron chi connectivity index (χ2n) is 3.08. The van der Waals surface area contributed by atoms with Crippen LogP contribution >= 0.6 is 0 Å². The monoisotopic (exact) mass is 207 g/mol. The minimum atomic E-state index is -0.640. The Morgan fingerprint density at radius 2 is 2.07 bits per heavy atom. The zero-order valence-electron chi connectivity index (χ0n) is 8.04. The van der Waals surface area contributed by atoms with Crippen LogP contribution in [0, 0.1) is 10.1 Å². The number of aldehydes is 2. The first-order valence-electron chi connectivity index (χ1n) is 4.29. The van der Waals surface area contributed by atoms with Crippen LogP contribution in [-0.2, 0) is 4.79 Å². The number of hydrogen-bond acceptors (Lipinski definition) is 4. The molecule has 5 nitrogen and oxygen atoms in total. The molecule has 1 rings (SSSR count). The zero-order valence-corrected chi connectivity index (χ0v) is 8.04. The highest BCUT2D eigenvalue weighted by Gasteiger charge is 2.22. The Kier molecular flexibility index (Phi) is 3.28. The van der Waals surface area contributed by atoms with Crippen molar-refractivity contribution in [2.75, 3.05) is 0 Å². The van der Waals surface area contributed by atoms with Crippen molar-refractivity contribution in [1.29, 1.82) is 0 Å². The molecule has 78 valence electrons. The molecule has 0 aliphatic rings. The largest absolute Gasteiger partial charge is 0.303 e. The van der Waals surface area contributed by atoms with Gasteiger partial charge in [0.1, 0.15) is 6.29 Å². The third-order valence-corrected chi connectivity index (χ3v) is 2.10. The quantitative estimate of drug-likeness (QED) is 0.427. The summed E-state index contributed by atoms with van der Waals surface area (Å²) in [6.45, 7) is 1.55. The lowest BCUT2D eigenvalue weighted by molar-refractivity contribution is -0.385. The standard InChI is InChI=1S/C10H9NO4/c1-7(5-12)9-4-2-3-8(6-13)10(9)11(14)15/h2-7H,1H3. The van der Waals surface area contributed by atoms with E-state index >= 15 is 0 Å². The fraction of sp³-hybridized carbons (Fsp3) is 0.200. The molecule has 1 atom stereocenters. The Balaban J connectivity index is 3.44. The molecule has 0 radical (unpaired) electrons. The van der Waals surface area contributed by atoms with E-state index in [2.05, 4.69) is 0 Å². The molecule has 0 N–H and O–H groups in total. The average Bonchev–Trinajstić information content (AvgIpc) is 2.26. The van der Waals surface area contributed by atoms with E-state index in [1.54, 1.807) is 6.92 Å². The smallest absolute Gasteiger partial charge is 0.283 e. The first-order chi connectivity index (χ1) is 7.11. The third kappa shape index (κ3) is 2.07. The molecule has 0 saturated carbocycles. The molecular weight excluding hydrogens is 198 g/mol. The van der Waals surface area contributed by atoms with Crippen LogP contribution in [0.15, 0.2) is 18.2 Å². The number of para-hydroxylation sites is 1. The highest BCUT2D eigenvalue weighted by Crippen LogP contribution is 2.27. The van der Waals surface area contributed by atoms with E-state index in [-0.39, 0.29) is 16.8 Å². The Morgan fingerprint density at radius 1 is 1.40 bits per heavy atom. The van der Waals surface area contributed by atoms with Crippen LogP contribution < -0.4 is 0 Å². The number of hydrogen-bond donors (Lipinski definition) is 0. The van der Waals surface area contributed by atoms with Crippen LogP contribution in [0.3, 0.4) is 0 Å². The first-order valence-corrected chi connectivity index (χ1v) is 4.29. The minimum Gasteiger partial charge on any atom is -0.303 e. The summed E-state index contributed by atoms with van der Waals surface area (Å²) in [5.41, 5.74) is -0.0297. The van der Waals surface area contributed by atoms with Crippen LogP contribution in [0.1, 0.15) is 28.8 Å². The maximum Gasteiger partial charge on any atom is 0.283 e. The van der Waals surface area contributed by atoms with Crippen LogP contribution in [0.25, 0.3) is 0 Å². The van der Waals surface area contributed by atoms with E-state index in [0.29, 0.717) is 12.6 Å². The van der Waals surface area contributed by atoms with Gasteiger partial charge in [-0.1, -0.05) is 19.1 Å². The lowest BCUT2D eigenvalue weighted by Gasteiger charge is -2.06. The van der Waals surface area contributed by atoms with Crippen LogP contribution in [0.5, 0.6) is 0 Å². The van der Waals surface area contributed by atoms with Gasteiger partial charge < -0.3 is 4.79 Å². The maximum absolute atomic E-state index is 10.8. The number of nitrogens with zero attached hydrogens (tertiary/aromatic N) is 1. The fourth-order valence-electron chi connectivity index (χ4n) is 1.33. The van der Waals surface area contributed by atoms with Gasteiger partial charge in [-0.15, -0.1) is 0 Å². The number of carbonyl (C=O) groups excluding carboxylic acids is 2. The number of rotatable bonds is 4. The van der Waals surface area contributed by atoms with Crippen molar-refractivity contribution >= 4 is 18.3 Å². The van der Waals surface area contributed by atoms with Gasteiger partial charge in [0.2, 0.25) is 0 Å². The van der Waals surface area contributed by atoms with Gasteiger partial charge in [0, 0.05) is 11.5 Å². The van der Waals surface area contributed by atoms with E-state index in [4.69, 9.17) is 0 Å². The summed E-state index contributed by atoms with van der Waals surface area (Å²) in [5, 5.41) is 10.8. The van der Waals surface area contributed by atoms with Crippen molar-refractivity contribution in [2.24, 2.45) is 0 Å². The van der Waals surface area contributed by atoms with E-state index in [0.717, 1.165) is 0 Å². The Bertz CT molecular complexity index is 414. The molecule has 0 saturated heterocycles. The SMILES string of the molecule is CC(C=O)c1cccc(C=O)c1[N+](=O)[O-]. The van der Waals surface area contributed by atoms with Gasteiger partial charge in [0.05, 0.1) is 10.5 Å². The summed E-state index contributed by atoms with van der Waals surface area (Å²) in [4.78, 5) is 31.3. The molecule has 15 heavy (non-hydrogen) atoms. The topological polar surface area (TPSA) is 77.3 Å². The van der Waals surface area contributed by atoms with E-state index < -0.39 is 10.8 Å². The van der Waals surface area contributed by atoms with Gasteiger partial charge in [-0.25, -0.2) is 0 Å². The first kappa shape index (κ1) is 11.0. The average molecular weight is 207 g/mol. The molecule has 0 spiro atoms. The van der Waals surface area contributed by atoms with E-state index in [9.17, 15) is 19.7 Å². The molecule has 0 fully saturated rings. The second-order valence-corrected chi connectivity index (χ2v) is 3.08. The van der Waals surface area contributed by atoms with Gasteiger partial charge in [0.25, 0.3) is 5.69 Å². The Morgan fingerprint density at radius 3 is 2.53 bits per heavy atom. The summed E-state index contributed by atoms with van der Waals surface area (Å²) in [5.74, 6) is -0.592. The molecular formula is C10H9NO4. The molecule has 5 heteroatoms. The van der Waals surface area contributed by atoms with Crippen molar-refractivity contribution in [2.45, 2.75) is 12.8 Å². The van der Waals surface area contributed by atoms with E-state index in [1.165, 1.54) is 18.2 Å². The second kappa shape index (κ2) is 4.45. The van der Waals surface area contributed by atoms with Gasteiger partial charge in [-0.05, 0) is 6.07 Å². The molecule has 0 aliphatic heterocycles. The lowest BCUT2D eigenvalue weighted by atomic mass is 9.98. The van der Waals surface area contributed by atoms with Gasteiger partial charge in [0.15, 0.2) is 6.29 Å². The zero-order chi connectivity index (χ0) is 11.4. The molecule has 0 aromatic heterocycles. The van der Waals surface area contributed by atoms with Crippen molar-refractivity contribution in [1.82, 2.24) is 0 Å². The van der Waals surface area contributed by atoms with E-state index in [1.807, 2.05) is 0 Å². The summed E-state index contributed by atoms with van der Waals surface area (Å²) < 4.78 is 0. The Hall–Kier alpha value is -2.04. The number of carbonyl (C=O) groups is 2. The number of nitro groups is 1. The molecule has 1 aromatic carbocycles. The molecule has 0 aliphatic carbocycles. The third-order valence-electron chi connectivity index (χ3n) is 2.10. The predicted molar refractivity (Wildman–Crippen MR) is 53.0 cm³/mol. The minimum absolute atomic E-state index is 0.00815. The predicted octanol–water partition coefficient (Wildman–Crippen LogP) is 1.71. The molecule has 1 aromatic rings. The highest BCUT2D eigenvalue weighted by atomic mass is 16.6. The summed E-state index contributed by atoms with van der Waals surface area (Å²) in [7, 11) is 0. The van der Waals surface area contributed by atoms with Crippen LogP contribution in [0.4, 0.5) is 5.69 Å². The molecule has 0 heterocycles. The van der Waals surface area contributed by atoms with Crippen molar-refractivity contribution in [3.63, 3.8) is 0 Å². The fourth-order valence-corrected chi connectivity index (χ4v) is 1.33. The van der Waals surface area contributed by atoms with Gasteiger partial charge >= 0.3 is 0 Å². The van der Waals surface area contributed by atoms with Crippen LogP contribution in [-0.4, -0.2) is 17.5 Å². The van der Waals surface area contributed by atoms with Gasteiger partial charge in [-0.3, -0.25) is 14.9 Å². The van der Waals surface area contributed by atoms with Crippen molar-refractivity contribution < 1.29 is 14.5 Å². The number of nitro benzene ring substituents is 1. The lowest BCUT2D eigenvalue weighted by Crippen LogP contribution is -2.03. The summed E-state index contributed by atoms with van der Waals surface area (Å²) in [6, 6.07) is 4.35. The normalized spacial score (nSPS) is 11.8. The molecule has 0 amide bonds. The van der Waals surface area contributed by atoms with Crippen LogP contribution in [0.2, 0.25) is 0 Å². The molecule has 1 unspecified atom stereocenters. The summed E-state index contributed by atoms with van der Waals surface area (Å²) in [6.07, 6.45) is 1.02. The van der Waals surface area contributed by atoms with Gasteiger partial charge in [-0.2, -0.15) is 0 Å². The maximum atomic E-state index is 10.8.